The molecule has 0 unspecified atom stereocenters. The van der Waals surface area contributed by atoms with E-state index in [1.807, 2.05) is 0 Å². The Morgan fingerprint density at radius 2 is 1.45 bits per heavy atom. The second kappa shape index (κ2) is 2.25. The van der Waals surface area contributed by atoms with Crippen LogP contribution in [0.1, 0.15) is 34.6 Å². The molecule has 0 saturated carbocycles. The van der Waals surface area contributed by atoms with Crippen molar-refractivity contribution in [3.8, 4) is 0 Å². The summed E-state index contributed by atoms with van der Waals surface area (Å²) < 4.78 is 0. The molecule has 0 aromatic rings. The van der Waals surface area contributed by atoms with E-state index in [9.17, 15) is 0 Å². The van der Waals surface area contributed by atoms with Crippen LogP contribution in [0, 0.1) is 5.92 Å². The lowest BCUT2D eigenvalue weighted by molar-refractivity contribution is 0.309. The maximum atomic E-state index is 6.41. The van der Waals surface area contributed by atoms with E-state index in [1.54, 1.807) is 0 Å². The average Bonchev–Trinajstić information content (AvgIpc) is 1.84. The van der Waals surface area contributed by atoms with E-state index >= 15 is 0 Å². The van der Waals surface area contributed by atoms with Crippen LogP contribution in [0.15, 0.2) is 0 Å². The minimum atomic E-state index is -1.62. The van der Waals surface area contributed by atoms with Gasteiger partial charge in [0.05, 0.1) is 0 Å². The van der Waals surface area contributed by atoms with Crippen molar-refractivity contribution in [2.24, 2.45) is 5.92 Å². The van der Waals surface area contributed by atoms with Crippen molar-refractivity contribution in [1.29, 1.82) is 0 Å². The average molecular weight is 211 g/mol. The Hall–Kier alpha value is 0.940. The second-order valence-electron chi connectivity index (χ2n) is 4.56. The van der Waals surface area contributed by atoms with Crippen LogP contribution in [0.25, 0.3) is 0 Å². The van der Waals surface area contributed by atoms with Crippen LogP contribution in [0.4, 0.5) is 0 Å². The lowest BCUT2D eigenvalue weighted by atomic mass is 9.83. The van der Waals surface area contributed by atoms with Crippen LogP contribution in [0.3, 0.4) is 0 Å². The van der Waals surface area contributed by atoms with E-state index in [1.165, 1.54) is 0 Å². The molecule has 1 rings (SSSR count). The predicted molar refractivity (Wildman–Crippen MR) is 57.5 cm³/mol. The zero-order valence-electron chi connectivity index (χ0n) is 7.81. The third kappa shape index (κ3) is 0.913. The maximum absolute atomic E-state index is 6.41. The number of hydrogen-bond donors (Lipinski definition) is 0. The van der Waals surface area contributed by atoms with Gasteiger partial charge in [0, 0.05) is 15.7 Å². The van der Waals surface area contributed by atoms with Crippen LogP contribution in [0.5, 0.6) is 0 Å². The van der Waals surface area contributed by atoms with Gasteiger partial charge < -0.3 is 0 Å². The third-order valence-corrected chi connectivity index (χ3v) is 12.8. The first kappa shape index (κ1) is 10.0. The van der Waals surface area contributed by atoms with Gasteiger partial charge in [-0.15, -0.1) is 0 Å². The van der Waals surface area contributed by atoms with E-state index in [4.69, 9.17) is 23.0 Å². The lowest BCUT2D eigenvalue weighted by Gasteiger charge is -2.63. The highest BCUT2D eigenvalue weighted by molar-refractivity contribution is 8.29. The molecule has 11 heavy (non-hydrogen) atoms. The van der Waals surface area contributed by atoms with Crippen molar-refractivity contribution in [2.75, 3.05) is 0 Å². The summed E-state index contributed by atoms with van der Waals surface area (Å²) in [5.74, 6) is 0.651. The molecule has 0 aliphatic carbocycles. The number of halogens is 1. The molecule has 0 bridgehead atoms. The smallest absolute Gasteiger partial charge is 0.0499 e. The minimum absolute atomic E-state index is 0.202. The molecular weight excluding hydrogens is 195 g/mol. The quantitative estimate of drug-likeness (QED) is 0.548. The van der Waals surface area contributed by atoms with Crippen molar-refractivity contribution in [3.05, 3.63) is 0 Å². The molecule has 0 atom stereocenters. The first-order valence-electron chi connectivity index (χ1n) is 3.95. The largest absolute Gasteiger partial charge is 0.0844 e. The van der Waals surface area contributed by atoms with Crippen molar-refractivity contribution in [2.45, 2.75) is 44.9 Å². The fourth-order valence-electron chi connectivity index (χ4n) is 2.04. The number of rotatable bonds is 0. The van der Waals surface area contributed by atoms with Crippen molar-refractivity contribution >= 4 is 28.4 Å². The highest BCUT2D eigenvalue weighted by atomic mass is 35.7. The van der Waals surface area contributed by atoms with Gasteiger partial charge in [-0.05, 0) is 5.92 Å². The highest BCUT2D eigenvalue weighted by Gasteiger charge is 2.63. The third-order valence-electron chi connectivity index (χ3n) is 3.60. The Bertz CT molecular complexity index is 212. The van der Waals surface area contributed by atoms with E-state index < -0.39 is 5.39 Å². The van der Waals surface area contributed by atoms with E-state index in [0.29, 0.717) is 5.92 Å². The summed E-state index contributed by atoms with van der Waals surface area (Å²) in [6.45, 7) is 11.1. The maximum Gasteiger partial charge on any atom is 0.0499 e. The van der Waals surface area contributed by atoms with E-state index in [-0.39, 0.29) is 10.3 Å². The molecule has 1 aliphatic rings. The minimum Gasteiger partial charge on any atom is -0.0844 e. The van der Waals surface area contributed by atoms with Crippen LogP contribution in [0.2, 0.25) is 0 Å². The summed E-state index contributed by atoms with van der Waals surface area (Å²) in [7, 11) is 0. The van der Waals surface area contributed by atoms with E-state index in [2.05, 4.69) is 34.6 Å². The van der Waals surface area contributed by atoms with E-state index in [0.717, 1.165) is 0 Å². The van der Waals surface area contributed by atoms with Gasteiger partial charge in [-0.1, -0.05) is 57.7 Å². The summed E-state index contributed by atoms with van der Waals surface area (Å²) in [5.41, 5.74) is 0. The normalized spacial score (nSPS) is 46.5. The molecular formula is C8H16ClPS. The van der Waals surface area contributed by atoms with Gasteiger partial charge in [0.2, 0.25) is 0 Å². The van der Waals surface area contributed by atoms with Gasteiger partial charge in [-0.25, -0.2) is 0 Å². The van der Waals surface area contributed by atoms with Crippen LogP contribution < -0.4 is 0 Å². The summed E-state index contributed by atoms with van der Waals surface area (Å²) in [6, 6.07) is 0. The van der Waals surface area contributed by atoms with Gasteiger partial charge in [0.1, 0.15) is 0 Å². The van der Waals surface area contributed by atoms with Gasteiger partial charge in [-0.3, -0.25) is 0 Å². The molecule has 0 spiro atoms. The molecule has 0 radical (unpaired) electrons. The zero-order chi connectivity index (χ0) is 9.08. The monoisotopic (exact) mass is 210 g/mol. The summed E-state index contributed by atoms with van der Waals surface area (Å²) >= 11 is 11.9. The molecule has 1 aliphatic heterocycles. The van der Waals surface area contributed by atoms with Gasteiger partial charge >= 0.3 is 0 Å². The first-order valence-corrected chi connectivity index (χ1v) is 7.66. The fraction of sp³-hybridized carbons (Fsp3) is 1.00. The second-order valence-corrected chi connectivity index (χ2v) is 11.7. The molecule has 66 valence electrons. The van der Waals surface area contributed by atoms with Crippen LogP contribution in [-0.2, 0) is 11.8 Å². The Morgan fingerprint density at radius 1 is 1.18 bits per heavy atom. The van der Waals surface area contributed by atoms with Gasteiger partial charge in [0.25, 0.3) is 0 Å². The summed E-state index contributed by atoms with van der Waals surface area (Å²) in [4.78, 5) is 0. The molecule has 3 heteroatoms. The van der Waals surface area contributed by atoms with Crippen molar-refractivity contribution in [3.63, 3.8) is 0 Å². The molecule has 1 fully saturated rings. The fourth-order valence-corrected chi connectivity index (χ4v) is 6.79. The first-order chi connectivity index (χ1) is 4.65. The molecule has 0 N–H and O–H groups in total. The predicted octanol–water partition coefficient (Wildman–Crippen LogP) is 3.83. The molecule has 1 saturated heterocycles. The van der Waals surface area contributed by atoms with Crippen molar-refractivity contribution < 1.29 is 0 Å². The van der Waals surface area contributed by atoms with Gasteiger partial charge in [-0.2, -0.15) is 0 Å². The molecule has 1 heterocycles. The standard InChI is InChI=1S/C8H16ClPS/c1-6-7(2,3)10(9,11)8(6,4)5/h6H,1-5H3. The topological polar surface area (TPSA) is 0 Å². The molecule has 0 aromatic carbocycles. The van der Waals surface area contributed by atoms with Crippen molar-refractivity contribution in [1.82, 2.24) is 0 Å². The molecule has 0 amide bonds. The van der Waals surface area contributed by atoms with Crippen LogP contribution >= 0.6 is 16.6 Å². The SMILES string of the molecule is CC1C(C)(C)P(=S)(Cl)C1(C)C. The van der Waals surface area contributed by atoms with Crippen LogP contribution in [-0.4, -0.2) is 10.3 Å². The Kier molecular flexibility index (Phi) is 2.05. The molecule has 0 nitrogen and oxygen atoms in total. The van der Waals surface area contributed by atoms with Gasteiger partial charge in [0.15, 0.2) is 0 Å². The highest BCUT2D eigenvalue weighted by Crippen LogP contribution is 2.85. The Balaban J connectivity index is 3.09. The zero-order valence-corrected chi connectivity index (χ0v) is 10.3. The Morgan fingerprint density at radius 3 is 1.55 bits per heavy atom. The Labute approximate surface area is 79.5 Å². The summed E-state index contributed by atoms with van der Waals surface area (Å²) in [5, 5.41) is -1.22. The molecule has 0 aromatic heterocycles. The summed E-state index contributed by atoms with van der Waals surface area (Å²) in [6.07, 6.45) is 0. The lowest BCUT2D eigenvalue weighted by Crippen LogP contribution is -2.55. The number of hydrogen-bond acceptors (Lipinski definition) is 1.